The second-order valence-electron chi connectivity index (χ2n) is 15.0. The molecule has 10 nitrogen and oxygen atoms in total. The number of hydrogen-bond acceptors (Lipinski definition) is 10. The molecule has 0 radical (unpaired) electrons. The summed E-state index contributed by atoms with van der Waals surface area (Å²) >= 11 is 0. The lowest BCUT2D eigenvalue weighted by atomic mass is 9.98. The van der Waals surface area contributed by atoms with Crippen LogP contribution >= 0.6 is 0 Å². The van der Waals surface area contributed by atoms with E-state index < -0.39 is 17.6 Å². The number of methoxy groups -OCH3 is 1. The van der Waals surface area contributed by atoms with Gasteiger partial charge in [-0.2, -0.15) is 5.11 Å². The first-order valence-corrected chi connectivity index (χ1v) is 24.3. The van der Waals surface area contributed by atoms with E-state index in [0.717, 1.165) is 23.3 Å². The zero-order valence-electron chi connectivity index (χ0n) is 45.2. The van der Waals surface area contributed by atoms with Gasteiger partial charge in [-0.3, -0.25) is 0 Å². The maximum atomic E-state index is 13.8. The summed E-state index contributed by atoms with van der Waals surface area (Å²) in [4.78, 5) is 27.4. The number of carbonyl (C=O) groups is 2. The van der Waals surface area contributed by atoms with Gasteiger partial charge in [-0.15, -0.1) is 21.8 Å². The molecular weight excluding hydrogens is 1080 g/mol. The first-order valence-electron chi connectivity index (χ1n) is 24.3. The molecule has 10 heteroatoms. The van der Waals surface area contributed by atoms with Gasteiger partial charge < -0.3 is 20.1 Å². The Hall–Kier alpha value is -16.2. The Bertz CT molecular complexity index is 5520. The molecule has 0 aromatic heterocycles. The predicted octanol–water partition coefficient (Wildman–Crippen LogP) is 7.74. The molecule has 1 atom stereocenters. The molecule has 2 N–H and O–H groups in total. The molecule has 0 fully saturated rings. The van der Waals surface area contributed by atoms with Gasteiger partial charge in [-0.1, -0.05) is 66.7 Å². The van der Waals surface area contributed by atoms with Crippen molar-refractivity contribution in [3.05, 3.63) is 97.1 Å². The number of anilines is 2. The van der Waals surface area contributed by atoms with Crippen molar-refractivity contribution in [2.45, 2.75) is 5.66 Å². The molecule has 5 aromatic carbocycles. The van der Waals surface area contributed by atoms with E-state index in [1.165, 1.54) is 0 Å². The van der Waals surface area contributed by atoms with Crippen molar-refractivity contribution < 1.29 is 19.1 Å². The summed E-state index contributed by atoms with van der Waals surface area (Å²) in [5.74, 6) is 112. The van der Waals surface area contributed by atoms with Gasteiger partial charge in [0.1, 0.15) is 23.2 Å². The maximum absolute atomic E-state index is 13.8. The van der Waals surface area contributed by atoms with Gasteiger partial charge in [0.2, 0.25) is 0 Å². The third-order valence-electron chi connectivity index (χ3n) is 9.64. The van der Waals surface area contributed by atoms with E-state index in [2.05, 4.69) is 310 Å². The van der Waals surface area contributed by atoms with E-state index in [0.29, 0.717) is 33.8 Å². The normalized spacial score (nSPS) is 9.59. The van der Waals surface area contributed by atoms with Crippen molar-refractivity contribution in [1.82, 2.24) is 0 Å². The van der Waals surface area contributed by atoms with E-state index >= 15 is 0 Å². The molecule has 6 rings (SSSR count). The number of nitrogens with zero attached hydrogens (tertiary/aromatic N) is 4. The summed E-state index contributed by atoms with van der Waals surface area (Å²) in [6.07, 6.45) is 7.16. The second kappa shape index (κ2) is 36.8. The van der Waals surface area contributed by atoms with E-state index in [9.17, 15) is 9.59 Å². The highest BCUT2D eigenvalue weighted by atomic mass is 16.6. The number of azo groups is 2. The van der Waals surface area contributed by atoms with Gasteiger partial charge in [0.15, 0.2) is 0 Å². The minimum Gasteiger partial charge on any atom is -0.465 e. The fourth-order valence-electron chi connectivity index (χ4n) is 6.24. The molecule has 5 aromatic rings. The van der Waals surface area contributed by atoms with Crippen LogP contribution in [0.25, 0.3) is 21.5 Å². The van der Waals surface area contributed by atoms with Gasteiger partial charge in [0, 0.05) is 241 Å². The van der Waals surface area contributed by atoms with Gasteiger partial charge in [-0.25, -0.2) is 9.59 Å². The first-order chi connectivity index (χ1) is 43.5. The topological polar surface area (TPSA) is 126 Å². The molecule has 388 valence electrons. The molecule has 1 unspecified atom stereocenters. The van der Waals surface area contributed by atoms with Gasteiger partial charge in [0.25, 0.3) is 0 Å². The molecule has 1 heterocycles. The maximum Gasteiger partial charge on any atom is 0.379 e. The minimum absolute atomic E-state index is 0.285. The number of fused-ring (bicyclic) bond motifs is 1. The summed E-state index contributed by atoms with van der Waals surface area (Å²) in [6.45, 7) is 0. The molecule has 88 heavy (non-hydrogen) atoms. The monoisotopic (exact) mass is 1110 g/mol. The average Bonchev–Trinajstić information content (AvgIpc) is 1.32. The molecule has 0 spiro atoms. The summed E-state index contributed by atoms with van der Waals surface area (Å²) in [6, 6.07) is 29.5. The van der Waals surface area contributed by atoms with Crippen LogP contribution in [0.5, 0.6) is 0 Å². The van der Waals surface area contributed by atoms with E-state index in [4.69, 9.17) is 15.9 Å². The van der Waals surface area contributed by atoms with E-state index in [-0.39, 0.29) is 5.69 Å². The fraction of sp³-hybridized carbons (Fsp3) is 0.0256. The van der Waals surface area contributed by atoms with Crippen LogP contribution in [0.4, 0.5) is 34.1 Å². The Kier molecular flexibility index (Phi) is 25.5. The minimum atomic E-state index is -2.30. The van der Waals surface area contributed by atoms with E-state index in [1.54, 1.807) is 24.3 Å². The van der Waals surface area contributed by atoms with E-state index in [1.807, 2.05) is 72.8 Å². The van der Waals surface area contributed by atoms with Crippen LogP contribution in [0.3, 0.4) is 0 Å². The third kappa shape index (κ3) is 20.9. The largest absolute Gasteiger partial charge is 0.465 e. The highest BCUT2D eigenvalue weighted by molar-refractivity contribution is 6.19. The lowest BCUT2D eigenvalue weighted by molar-refractivity contribution is -0.156. The zero-order valence-corrected chi connectivity index (χ0v) is 45.2. The molecule has 1 aliphatic heterocycles. The zero-order chi connectivity index (χ0) is 61.6. The molecule has 0 amide bonds. The molecule has 0 saturated carbocycles. The van der Waals surface area contributed by atoms with Crippen LogP contribution in [0.1, 0.15) is 0 Å². The van der Waals surface area contributed by atoms with Crippen molar-refractivity contribution in [3.8, 4) is 285 Å². The number of rotatable bonds is 6. The SMILES string of the molecule is C#CC#CC#CC#CC#CC#CC#CC#CC#CC#CC#CC#CC#CC#CC#CC#CC#CC#CC#CC#CC#CC#CC#CC#COC(=O)C1(C(=O)OC)Nc2cccc3ccc(N=Nc4ccc5ccccc5c4N=Nc4ccccc4)c(c23)N1. The third-order valence-corrected chi connectivity index (χ3v) is 9.64. The number of hydrogen-bond donors (Lipinski definition) is 2. The van der Waals surface area contributed by atoms with Gasteiger partial charge in [-0.05, 0) is 88.5 Å². The number of terminal acetylenes is 1. The summed E-state index contributed by atoms with van der Waals surface area (Å²) in [7, 11) is 1.13. The summed E-state index contributed by atoms with van der Waals surface area (Å²) in [5, 5.41) is 27.3. The smallest absolute Gasteiger partial charge is 0.379 e. The Morgan fingerprint density at radius 1 is 0.375 bits per heavy atom. The van der Waals surface area contributed by atoms with Crippen LogP contribution < -0.4 is 10.6 Å². The lowest BCUT2D eigenvalue weighted by Crippen LogP contribution is -2.61. The first kappa shape index (κ1) is 61.0. The second-order valence-corrected chi connectivity index (χ2v) is 15.0. The Morgan fingerprint density at radius 3 is 1.22 bits per heavy atom. The highest BCUT2D eigenvalue weighted by Gasteiger charge is 2.52. The summed E-state index contributed by atoms with van der Waals surface area (Å²) in [5.41, 5.74) is 0.251. The number of benzene rings is 5. The predicted molar refractivity (Wildman–Crippen MR) is 338 cm³/mol. The van der Waals surface area contributed by atoms with Crippen molar-refractivity contribution >= 4 is 67.6 Å². The highest BCUT2D eigenvalue weighted by Crippen LogP contribution is 2.45. The number of esters is 2. The van der Waals surface area contributed by atoms with Crippen LogP contribution in [0.15, 0.2) is 118 Å². The molecular formula is C78H22N6O4. The van der Waals surface area contributed by atoms with Crippen LogP contribution in [-0.2, 0) is 19.1 Å². The van der Waals surface area contributed by atoms with Gasteiger partial charge >= 0.3 is 17.6 Å². The quantitative estimate of drug-likeness (QED) is 0.0777. The standard InChI is InChI=1S/C78H22N6O4/c1-3-4-5-6-7-8-9-10-11-12-13-14-15-16-17-18-19-20-21-22-23-24-25-26-27-28-29-30-31-32-33-34-35-36-37-38-39-40-41-42-43-44-45-46-47-53-65-88-77(86)78(76(85)87-2)79-70-60-54-56-67-62-64-72(75(80-78)73(67)70)83-82-71-63-61-66-55-51-52-59-69(66)74(71)84-81-68-57-49-48-50-58-68/h1,48-52,54-64,79-80H,2H3. The average molecular weight is 1110 g/mol. The summed E-state index contributed by atoms with van der Waals surface area (Å²) < 4.78 is 10.3. The molecule has 1 aliphatic rings. The van der Waals surface area contributed by atoms with Crippen molar-refractivity contribution in [2.24, 2.45) is 20.5 Å². The van der Waals surface area contributed by atoms with Crippen molar-refractivity contribution in [3.63, 3.8) is 0 Å². The number of carbonyl (C=O) groups excluding carboxylic acids is 2. The molecule has 0 aliphatic carbocycles. The Balaban J connectivity index is 0.943. The number of ether oxygens (including phenoxy) is 2. The Morgan fingerprint density at radius 2 is 0.761 bits per heavy atom. The lowest BCUT2D eigenvalue weighted by Gasteiger charge is -2.36. The Labute approximate surface area is 509 Å². The van der Waals surface area contributed by atoms with Crippen LogP contribution in [0.2, 0.25) is 0 Å². The van der Waals surface area contributed by atoms with Crippen LogP contribution in [0, 0.1) is 285 Å². The fourth-order valence-corrected chi connectivity index (χ4v) is 6.24. The molecule has 0 bridgehead atoms. The van der Waals surface area contributed by atoms with Gasteiger partial charge in [0.05, 0.1) is 18.5 Å². The van der Waals surface area contributed by atoms with Crippen LogP contribution in [-0.4, -0.2) is 24.7 Å². The number of nitrogens with one attached hydrogen (secondary N) is 2. The van der Waals surface area contributed by atoms with Crippen molar-refractivity contribution in [2.75, 3.05) is 17.7 Å². The molecule has 0 saturated heterocycles. The van der Waals surface area contributed by atoms with Crippen molar-refractivity contribution in [1.29, 1.82) is 0 Å².